The molecule has 0 aliphatic rings. The summed E-state index contributed by atoms with van der Waals surface area (Å²) in [6.45, 7) is 7.99. The number of hydrogen-bond donors (Lipinski definition) is 2. The van der Waals surface area contributed by atoms with Gasteiger partial charge in [0.1, 0.15) is 6.10 Å². The molecule has 1 atom stereocenters. The van der Waals surface area contributed by atoms with E-state index in [1.165, 1.54) is 10.9 Å². The van der Waals surface area contributed by atoms with Crippen LogP contribution in [0.25, 0.3) is 0 Å². The molecular weight excluding hydrogens is 478 g/mol. The van der Waals surface area contributed by atoms with Crippen molar-refractivity contribution in [3.05, 3.63) is 46.2 Å². The van der Waals surface area contributed by atoms with Gasteiger partial charge in [-0.25, -0.2) is 14.4 Å². The highest BCUT2D eigenvalue weighted by Crippen LogP contribution is 2.17. The van der Waals surface area contributed by atoms with Gasteiger partial charge in [-0.15, -0.1) is 35.3 Å². The van der Waals surface area contributed by atoms with Crippen LogP contribution in [0.3, 0.4) is 0 Å². The van der Waals surface area contributed by atoms with Crippen molar-refractivity contribution in [3.8, 4) is 5.75 Å². The molecule has 1 aromatic heterocycles. The number of aromatic nitrogens is 1. The highest BCUT2D eigenvalue weighted by Gasteiger charge is 2.08. The van der Waals surface area contributed by atoms with Crippen LogP contribution in [0.4, 0.5) is 4.39 Å². The highest BCUT2D eigenvalue weighted by molar-refractivity contribution is 14.0. The van der Waals surface area contributed by atoms with Gasteiger partial charge >= 0.3 is 0 Å². The number of nitrogens with zero attached hydrogens (tertiary/aromatic N) is 2. The lowest BCUT2D eigenvalue weighted by atomic mass is 10.3. The summed E-state index contributed by atoms with van der Waals surface area (Å²) < 4.78 is 19.3. The molecule has 2 rings (SSSR count). The average molecular weight is 506 g/mol. The van der Waals surface area contributed by atoms with Crippen LogP contribution < -0.4 is 15.4 Å². The topological polar surface area (TPSA) is 58.5 Å². The molecule has 0 fully saturated rings. The number of rotatable bonds is 9. The maximum atomic E-state index is 13.6. The van der Waals surface area contributed by atoms with Crippen molar-refractivity contribution >= 4 is 41.3 Å². The molecule has 0 amide bonds. The molecular formula is C19H28FIN4OS. The molecule has 0 saturated carbocycles. The number of aliphatic imine (C=N–C) groups is 1. The molecule has 5 nitrogen and oxygen atoms in total. The minimum atomic E-state index is -0.358. The third-order valence-corrected chi connectivity index (χ3v) is 4.80. The molecule has 0 bridgehead atoms. The Balaban J connectivity index is 0.00000364. The number of benzene rings is 1. The van der Waals surface area contributed by atoms with Crippen LogP contribution >= 0.6 is 35.3 Å². The zero-order chi connectivity index (χ0) is 18.8. The summed E-state index contributed by atoms with van der Waals surface area (Å²) in [5, 5.41) is 7.64. The predicted octanol–water partition coefficient (Wildman–Crippen LogP) is 4.03. The lowest BCUT2D eigenvalue weighted by Gasteiger charge is -2.15. The van der Waals surface area contributed by atoms with Crippen LogP contribution in [0.5, 0.6) is 5.75 Å². The van der Waals surface area contributed by atoms with Gasteiger partial charge in [-0.3, -0.25) is 0 Å². The summed E-state index contributed by atoms with van der Waals surface area (Å²) >= 11 is 1.75. The second-order valence-electron chi connectivity index (χ2n) is 5.83. The molecule has 1 aromatic carbocycles. The van der Waals surface area contributed by atoms with Gasteiger partial charge < -0.3 is 15.4 Å². The van der Waals surface area contributed by atoms with E-state index >= 15 is 0 Å². The standard InChI is InChI=1S/C19H27FN4OS.HI/c1-4-15-13-23-18(26-15)10-11-22-19(21-5-2)24-12-14(3)25-17-9-7-6-8-16(17)20;/h6-9,13-14H,4-5,10-12H2,1-3H3,(H2,21,22,24);1H. The smallest absolute Gasteiger partial charge is 0.191 e. The van der Waals surface area contributed by atoms with Gasteiger partial charge in [0.2, 0.25) is 0 Å². The monoisotopic (exact) mass is 506 g/mol. The maximum Gasteiger partial charge on any atom is 0.191 e. The fourth-order valence-electron chi connectivity index (χ4n) is 2.27. The number of halogens is 2. The molecule has 0 aliphatic heterocycles. The van der Waals surface area contributed by atoms with Gasteiger partial charge in [0, 0.05) is 30.6 Å². The third-order valence-electron chi connectivity index (χ3n) is 3.60. The minimum Gasteiger partial charge on any atom is -0.486 e. The summed E-state index contributed by atoms with van der Waals surface area (Å²) in [7, 11) is 0. The van der Waals surface area contributed by atoms with Gasteiger partial charge in [-0.05, 0) is 32.4 Å². The normalized spacial score (nSPS) is 12.2. The largest absolute Gasteiger partial charge is 0.486 e. The third kappa shape index (κ3) is 8.42. The molecule has 2 aromatic rings. The van der Waals surface area contributed by atoms with E-state index in [0.29, 0.717) is 6.54 Å². The number of thiazole rings is 1. The fraction of sp³-hybridized carbons (Fsp3) is 0.474. The number of guanidine groups is 1. The second-order valence-corrected chi connectivity index (χ2v) is 7.03. The van der Waals surface area contributed by atoms with Gasteiger partial charge in [-0.2, -0.15) is 0 Å². The summed E-state index contributed by atoms with van der Waals surface area (Å²) in [6.07, 6.45) is 3.60. The molecule has 0 saturated heterocycles. The molecule has 1 unspecified atom stereocenters. The number of ether oxygens (including phenoxy) is 1. The van der Waals surface area contributed by atoms with E-state index in [1.54, 1.807) is 29.5 Å². The van der Waals surface area contributed by atoms with Crippen molar-refractivity contribution < 1.29 is 9.13 Å². The van der Waals surface area contributed by atoms with Crippen LogP contribution in [0, 0.1) is 5.82 Å². The quantitative estimate of drug-likeness (QED) is 0.307. The Morgan fingerprint density at radius 3 is 2.74 bits per heavy atom. The lowest BCUT2D eigenvalue weighted by molar-refractivity contribution is 0.220. The lowest BCUT2D eigenvalue weighted by Crippen LogP contribution is -2.39. The van der Waals surface area contributed by atoms with Gasteiger partial charge in [0.25, 0.3) is 0 Å². The van der Waals surface area contributed by atoms with Crippen LogP contribution in [-0.2, 0) is 12.8 Å². The van der Waals surface area contributed by atoms with E-state index in [0.717, 1.165) is 36.9 Å². The first-order valence-corrected chi connectivity index (χ1v) is 9.81. The van der Waals surface area contributed by atoms with Crippen molar-refractivity contribution in [1.82, 2.24) is 15.6 Å². The van der Waals surface area contributed by atoms with E-state index in [2.05, 4.69) is 27.5 Å². The van der Waals surface area contributed by atoms with Crippen molar-refractivity contribution in [2.24, 2.45) is 4.99 Å². The summed E-state index contributed by atoms with van der Waals surface area (Å²) in [4.78, 5) is 10.2. The number of hydrogen-bond acceptors (Lipinski definition) is 4. The predicted molar refractivity (Wildman–Crippen MR) is 121 cm³/mol. The first kappa shape index (κ1) is 23.6. The Morgan fingerprint density at radius 2 is 2.07 bits per heavy atom. The van der Waals surface area contributed by atoms with E-state index in [4.69, 9.17) is 4.74 Å². The zero-order valence-corrected chi connectivity index (χ0v) is 19.1. The molecule has 0 aliphatic carbocycles. The van der Waals surface area contributed by atoms with Crippen LogP contribution in [0.15, 0.2) is 35.5 Å². The van der Waals surface area contributed by atoms with E-state index in [1.807, 2.05) is 20.0 Å². The molecule has 27 heavy (non-hydrogen) atoms. The average Bonchev–Trinajstić information content (AvgIpc) is 3.09. The first-order chi connectivity index (χ1) is 12.6. The van der Waals surface area contributed by atoms with E-state index < -0.39 is 0 Å². The summed E-state index contributed by atoms with van der Waals surface area (Å²) in [5.41, 5.74) is 0. The van der Waals surface area contributed by atoms with E-state index in [9.17, 15) is 4.39 Å². The highest BCUT2D eigenvalue weighted by atomic mass is 127. The van der Waals surface area contributed by atoms with Crippen molar-refractivity contribution in [2.75, 3.05) is 19.6 Å². The van der Waals surface area contributed by atoms with Gasteiger partial charge in [0.15, 0.2) is 17.5 Å². The molecule has 0 spiro atoms. The maximum absolute atomic E-state index is 13.6. The first-order valence-electron chi connectivity index (χ1n) is 8.99. The summed E-state index contributed by atoms with van der Waals surface area (Å²) in [6, 6.07) is 6.41. The Kier molecular flexibility index (Phi) is 11.3. The van der Waals surface area contributed by atoms with Gasteiger partial charge in [0.05, 0.1) is 11.6 Å². The molecule has 1 heterocycles. The Hall–Kier alpha value is -1.42. The Bertz CT molecular complexity index is 711. The van der Waals surface area contributed by atoms with E-state index in [-0.39, 0.29) is 41.6 Å². The zero-order valence-electron chi connectivity index (χ0n) is 16.0. The minimum absolute atomic E-state index is 0. The number of aryl methyl sites for hydroxylation is 1. The van der Waals surface area contributed by atoms with Crippen molar-refractivity contribution in [2.45, 2.75) is 39.7 Å². The second kappa shape index (κ2) is 12.9. The number of para-hydroxylation sites is 1. The van der Waals surface area contributed by atoms with Gasteiger partial charge in [-0.1, -0.05) is 19.1 Å². The van der Waals surface area contributed by atoms with Crippen LogP contribution in [0.2, 0.25) is 0 Å². The summed E-state index contributed by atoms with van der Waals surface area (Å²) in [5.74, 6) is 0.621. The molecule has 0 radical (unpaired) electrons. The fourth-order valence-corrected chi connectivity index (χ4v) is 3.13. The SMILES string of the molecule is CCNC(=NCC(C)Oc1ccccc1F)NCCc1ncc(CC)s1.I. The Morgan fingerprint density at radius 1 is 1.30 bits per heavy atom. The number of nitrogens with one attached hydrogen (secondary N) is 2. The molecule has 8 heteroatoms. The van der Waals surface area contributed by atoms with Crippen LogP contribution in [-0.4, -0.2) is 36.7 Å². The van der Waals surface area contributed by atoms with Crippen LogP contribution in [0.1, 0.15) is 30.7 Å². The van der Waals surface area contributed by atoms with Crippen molar-refractivity contribution in [3.63, 3.8) is 0 Å². The van der Waals surface area contributed by atoms with Crippen molar-refractivity contribution in [1.29, 1.82) is 0 Å². The molecule has 2 N–H and O–H groups in total. The Labute approximate surface area is 181 Å². The molecule has 150 valence electrons.